The van der Waals surface area contributed by atoms with Crippen molar-refractivity contribution >= 4 is 5.91 Å². The zero-order valence-electron chi connectivity index (χ0n) is 9.99. The van der Waals surface area contributed by atoms with Crippen LogP contribution in [0.1, 0.15) is 20.3 Å². The summed E-state index contributed by atoms with van der Waals surface area (Å²) in [5.74, 6) is 0.737. The number of rotatable bonds is 4. The maximum Gasteiger partial charge on any atom is 0.224 e. The third-order valence-electron chi connectivity index (χ3n) is 3.13. The summed E-state index contributed by atoms with van der Waals surface area (Å²) in [6.45, 7) is 6.63. The van der Waals surface area contributed by atoms with Crippen molar-refractivity contribution in [2.75, 3.05) is 26.7 Å². The van der Waals surface area contributed by atoms with Crippen LogP contribution in [0.2, 0.25) is 0 Å². The van der Waals surface area contributed by atoms with Gasteiger partial charge in [0.1, 0.15) is 0 Å². The summed E-state index contributed by atoms with van der Waals surface area (Å²) in [5.41, 5.74) is 5.87. The average molecular weight is 213 g/mol. The summed E-state index contributed by atoms with van der Waals surface area (Å²) in [4.78, 5) is 13.9. The molecule has 0 saturated carbocycles. The van der Waals surface area contributed by atoms with Crippen molar-refractivity contribution in [3.63, 3.8) is 0 Å². The van der Waals surface area contributed by atoms with Gasteiger partial charge in [-0.1, -0.05) is 13.8 Å². The Kier molecular flexibility index (Phi) is 4.54. The van der Waals surface area contributed by atoms with E-state index in [0.717, 1.165) is 19.5 Å². The van der Waals surface area contributed by atoms with Crippen molar-refractivity contribution in [3.05, 3.63) is 0 Å². The molecule has 1 aliphatic heterocycles. The summed E-state index contributed by atoms with van der Waals surface area (Å²) in [7, 11) is 2.05. The monoisotopic (exact) mass is 213 g/mol. The minimum atomic E-state index is 0.0630. The molecule has 1 saturated heterocycles. The van der Waals surface area contributed by atoms with E-state index in [9.17, 15) is 4.79 Å². The van der Waals surface area contributed by atoms with Gasteiger partial charge in [0.25, 0.3) is 0 Å². The summed E-state index contributed by atoms with van der Waals surface area (Å²) >= 11 is 0. The van der Waals surface area contributed by atoms with E-state index in [1.807, 2.05) is 7.05 Å². The minimum Gasteiger partial charge on any atom is -0.354 e. The predicted molar refractivity (Wildman–Crippen MR) is 61.4 cm³/mol. The largest absolute Gasteiger partial charge is 0.354 e. The van der Waals surface area contributed by atoms with Gasteiger partial charge >= 0.3 is 0 Å². The minimum absolute atomic E-state index is 0.0630. The molecule has 88 valence electrons. The third kappa shape index (κ3) is 3.80. The molecule has 2 unspecified atom stereocenters. The lowest BCUT2D eigenvalue weighted by molar-refractivity contribution is -0.124. The molecule has 2 atom stereocenters. The van der Waals surface area contributed by atoms with Gasteiger partial charge in [0.15, 0.2) is 0 Å². The summed E-state index contributed by atoms with van der Waals surface area (Å²) in [5, 5.41) is 2.94. The van der Waals surface area contributed by atoms with E-state index in [4.69, 9.17) is 5.73 Å². The van der Waals surface area contributed by atoms with Gasteiger partial charge in [0.2, 0.25) is 5.91 Å². The topological polar surface area (TPSA) is 58.4 Å². The number of nitrogens with two attached hydrogens (primary N) is 1. The van der Waals surface area contributed by atoms with Crippen LogP contribution in [-0.4, -0.2) is 43.5 Å². The SMILES string of the molecule is CC(C)C(N)CNC(=O)C1CCN(C)C1. The van der Waals surface area contributed by atoms with Gasteiger partial charge in [-0.05, 0) is 25.9 Å². The molecule has 3 N–H and O–H groups in total. The van der Waals surface area contributed by atoms with Gasteiger partial charge in [-0.2, -0.15) is 0 Å². The number of carbonyl (C=O) groups is 1. The van der Waals surface area contributed by atoms with Crippen molar-refractivity contribution in [2.45, 2.75) is 26.3 Å². The fourth-order valence-electron chi connectivity index (χ4n) is 1.75. The van der Waals surface area contributed by atoms with Crippen LogP contribution in [0.15, 0.2) is 0 Å². The lowest BCUT2D eigenvalue weighted by Crippen LogP contribution is -2.42. The molecule has 1 rings (SSSR count). The summed E-state index contributed by atoms with van der Waals surface area (Å²) in [6.07, 6.45) is 0.971. The predicted octanol–water partition coefficient (Wildman–Crippen LogP) is 0.0376. The molecular formula is C11H23N3O. The smallest absolute Gasteiger partial charge is 0.224 e. The van der Waals surface area contributed by atoms with E-state index in [-0.39, 0.29) is 17.9 Å². The Morgan fingerprint density at radius 1 is 1.60 bits per heavy atom. The van der Waals surface area contributed by atoms with Crippen LogP contribution in [0.25, 0.3) is 0 Å². The number of hydrogen-bond donors (Lipinski definition) is 2. The van der Waals surface area contributed by atoms with Crippen LogP contribution >= 0.6 is 0 Å². The lowest BCUT2D eigenvalue weighted by Gasteiger charge is -2.18. The van der Waals surface area contributed by atoms with Crippen LogP contribution in [0.3, 0.4) is 0 Å². The fourth-order valence-corrected chi connectivity index (χ4v) is 1.75. The Morgan fingerprint density at radius 2 is 2.27 bits per heavy atom. The molecule has 0 spiro atoms. The zero-order valence-corrected chi connectivity index (χ0v) is 9.99. The van der Waals surface area contributed by atoms with E-state index >= 15 is 0 Å². The second-order valence-electron chi connectivity index (χ2n) is 4.90. The van der Waals surface area contributed by atoms with Gasteiger partial charge in [-0.25, -0.2) is 0 Å². The Hall–Kier alpha value is -0.610. The highest BCUT2D eigenvalue weighted by molar-refractivity contribution is 5.79. The molecule has 1 heterocycles. The van der Waals surface area contributed by atoms with Gasteiger partial charge < -0.3 is 16.0 Å². The molecule has 15 heavy (non-hydrogen) atoms. The van der Waals surface area contributed by atoms with Crippen molar-refractivity contribution in [2.24, 2.45) is 17.6 Å². The van der Waals surface area contributed by atoms with Gasteiger partial charge in [-0.3, -0.25) is 4.79 Å². The van der Waals surface area contributed by atoms with Gasteiger partial charge in [-0.15, -0.1) is 0 Å². The number of likely N-dealkylation sites (tertiary alicyclic amines) is 1. The van der Waals surface area contributed by atoms with Gasteiger partial charge in [0.05, 0.1) is 5.92 Å². The molecule has 0 aliphatic carbocycles. The highest BCUT2D eigenvalue weighted by Crippen LogP contribution is 2.13. The zero-order chi connectivity index (χ0) is 11.4. The van der Waals surface area contributed by atoms with E-state index < -0.39 is 0 Å². The Balaban J connectivity index is 2.24. The van der Waals surface area contributed by atoms with E-state index in [2.05, 4.69) is 24.1 Å². The lowest BCUT2D eigenvalue weighted by atomic mass is 10.0. The first-order chi connectivity index (χ1) is 7.00. The Bertz CT molecular complexity index is 218. The molecule has 1 fully saturated rings. The molecule has 0 aromatic rings. The molecule has 1 aliphatic rings. The van der Waals surface area contributed by atoms with Crippen LogP contribution in [0, 0.1) is 11.8 Å². The first-order valence-corrected chi connectivity index (χ1v) is 5.72. The highest BCUT2D eigenvalue weighted by atomic mass is 16.1. The number of amides is 1. The van der Waals surface area contributed by atoms with Gasteiger partial charge in [0, 0.05) is 19.1 Å². The molecule has 0 aromatic carbocycles. The van der Waals surface area contributed by atoms with Crippen LogP contribution in [0.4, 0.5) is 0 Å². The standard InChI is InChI=1S/C11H23N3O/c1-8(2)10(12)6-13-11(15)9-4-5-14(3)7-9/h8-10H,4-7,12H2,1-3H3,(H,13,15). The van der Waals surface area contributed by atoms with E-state index in [1.165, 1.54) is 0 Å². The number of nitrogens with zero attached hydrogens (tertiary/aromatic N) is 1. The van der Waals surface area contributed by atoms with E-state index in [0.29, 0.717) is 12.5 Å². The molecular weight excluding hydrogens is 190 g/mol. The van der Waals surface area contributed by atoms with Crippen LogP contribution < -0.4 is 11.1 Å². The first-order valence-electron chi connectivity index (χ1n) is 5.72. The number of nitrogens with one attached hydrogen (secondary N) is 1. The maximum absolute atomic E-state index is 11.7. The quantitative estimate of drug-likeness (QED) is 0.693. The molecule has 4 nitrogen and oxygen atoms in total. The molecule has 0 radical (unpaired) electrons. The van der Waals surface area contributed by atoms with Crippen molar-refractivity contribution in [1.29, 1.82) is 0 Å². The first kappa shape index (κ1) is 12.5. The molecule has 0 aromatic heterocycles. The summed E-state index contributed by atoms with van der Waals surface area (Å²) < 4.78 is 0. The van der Waals surface area contributed by atoms with Crippen LogP contribution in [0.5, 0.6) is 0 Å². The molecule has 4 heteroatoms. The fraction of sp³-hybridized carbons (Fsp3) is 0.909. The van der Waals surface area contributed by atoms with Crippen molar-refractivity contribution in [3.8, 4) is 0 Å². The third-order valence-corrected chi connectivity index (χ3v) is 3.13. The average Bonchev–Trinajstić information content (AvgIpc) is 2.60. The summed E-state index contributed by atoms with van der Waals surface area (Å²) in [6, 6.07) is 0.0630. The van der Waals surface area contributed by atoms with Crippen molar-refractivity contribution < 1.29 is 4.79 Å². The Labute approximate surface area is 92.2 Å². The number of carbonyl (C=O) groups excluding carboxylic acids is 1. The second-order valence-corrected chi connectivity index (χ2v) is 4.90. The Morgan fingerprint density at radius 3 is 2.73 bits per heavy atom. The van der Waals surface area contributed by atoms with Crippen LogP contribution in [-0.2, 0) is 4.79 Å². The molecule has 1 amide bonds. The van der Waals surface area contributed by atoms with E-state index in [1.54, 1.807) is 0 Å². The maximum atomic E-state index is 11.7. The molecule has 0 bridgehead atoms. The second kappa shape index (κ2) is 5.47. The highest BCUT2D eigenvalue weighted by Gasteiger charge is 2.26. The van der Waals surface area contributed by atoms with Crippen molar-refractivity contribution in [1.82, 2.24) is 10.2 Å². The number of hydrogen-bond acceptors (Lipinski definition) is 3. The normalized spacial score (nSPS) is 24.5.